The Bertz CT molecular complexity index is 230. The second-order valence-corrected chi connectivity index (χ2v) is 5.79. The van der Waals surface area contributed by atoms with E-state index in [0.29, 0.717) is 17.2 Å². The first-order valence-electron chi connectivity index (χ1n) is 5.35. The summed E-state index contributed by atoms with van der Waals surface area (Å²) in [5.41, 5.74) is 0. The smallest absolute Gasteiger partial charge is 0.0406 e. The molecule has 1 rings (SSSR count). The first-order chi connectivity index (χ1) is 6.65. The average Bonchev–Trinajstić information content (AvgIpc) is 2.27. The summed E-state index contributed by atoms with van der Waals surface area (Å²) in [6.07, 6.45) is 7.89. The van der Waals surface area contributed by atoms with E-state index in [2.05, 4.69) is 51.4 Å². The Balaban J connectivity index is 2.75. The Morgan fingerprint density at radius 3 is 2.79 bits per heavy atom. The van der Waals surface area contributed by atoms with Gasteiger partial charge in [-0.2, -0.15) is 0 Å². The van der Waals surface area contributed by atoms with Crippen molar-refractivity contribution in [3.05, 3.63) is 23.1 Å². The van der Waals surface area contributed by atoms with Crippen LogP contribution in [0.5, 0.6) is 0 Å². The van der Waals surface area contributed by atoms with Crippen molar-refractivity contribution in [2.24, 2.45) is 5.92 Å². The number of hydrogen-bond donors (Lipinski definition) is 1. The lowest BCUT2D eigenvalue weighted by Crippen LogP contribution is -2.32. The van der Waals surface area contributed by atoms with Crippen molar-refractivity contribution in [2.75, 3.05) is 7.05 Å². The number of likely N-dealkylation sites (N-methyl/N-ethyl adjacent to an activating group) is 1. The van der Waals surface area contributed by atoms with E-state index in [9.17, 15) is 0 Å². The lowest BCUT2D eigenvalue weighted by Gasteiger charge is -2.25. The van der Waals surface area contributed by atoms with Crippen molar-refractivity contribution in [3.8, 4) is 0 Å². The Labute approximate surface area is 92.0 Å². The second-order valence-electron chi connectivity index (χ2n) is 4.14. The van der Waals surface area contributed by atoms with Crippen LogP contribution in [0, 0.1) is 5.92 Å². The molecule has 2 heteroatoms. The summed E-state index contributed by atoms with van der Waals surface area (Å²) < 4.78 is 0. The van der Waals surface area contributed by atoms with Crippen molar-refractivity contribution >= 4 is 11.8 Å². The molecule has 0 aromatic heterocycles. The van der Waals surface area contributed by atoms with E-state index in [1.165, 1.54) is 11.3 Å². The first-order valence-corrected chi connectivity index (χ1v) is 6.23. The molecule has 0 aromatic rings. The molecule has 0 radical (unpaired) electrons. The molecule has 0 heterocycles. The molecular formula is C12H21NS. The van der Waals surface area contributed by atoms with Crippen LogP contribution < -0.4 is 5.32 Å². The molecule has 0 spiro atoms. The normalized spacial score (nSPS) is 27.6. The molecule has 0 saturated carbocycles. The lowest BCUT2D eigenvalue weighted by molar-refractivity contribution is 0.464. The summed E-state index contributed by atoms with van der Waals surface area (Å²) in [5.74, 6) is 0.691. The number of allylic oxidation sites excluding steroid dienone is 3. The minimum Gasteiger partial charge on any atom is -0.312 e. The highest BCUT2D eigenvalue weighted by Gasteiger charge is 2.21. The van der Waals surface area contributed by atoms with E-state index in [-0.39, 0.29) is 0 Å². The predicted molar refractivity (Wildman–Crippen MR) is 66.6 cm³/mol. The highest BCUT2D eigenvalue weighted by Crippen LogP contribution is 2.30. The van der Waals surface area contributed by atoms with E-state index < -0.39 is 0 Å². The Hall–Kier alpha value is -0.210. The molecule has 0 aliphatic heterocycles. The number of thioether (sulfide) groups is 1. The third-order valence-electron chi connectivity index (χ3n) is 2.46. The Morgan fingerprint density at radius 1 is 1.50 bits per heavy atom. The van der Waals surface area contributed by atoms with Gasteiger partial charge in [0.2, 0.25) is 0 Å². The average molecular weight is 211 g/mol. The van der Waals surface area contributed by atoms with Crippen LogP contribution >= 0.6 is 11.8 Å². The molecule has 14 heavy (non-hydrogen) atoms. The lowest BCUT2D eigenvalue weighted by atomic mass is 9.99. The van der Waals surface area contributed by atoms with Gasteiger partial charge in [0.15, 0.2) is 0 Å². The molecule has 2 unspecified atom stereocenters. The topological polar surface area (TPSA) is 12.0 Å². The van der Waals surface area contributed by atoms with E-state index in [1.807, 2.05) is 11.8 Å². The molecule has 0 aromatic carbocycles. The zero-order chi connectivity index (χ0) is 10.6. The largest absolute Gasteiger partial charge is 0.312 e. The minimum atomic E-state index is 0.525. The standard InChI is InChI=1S/C12H21NS/c1-9(2)14-11-8-6-5-7-10(3)12(11)13-4/h5-6,8-10,12-13H,7H2,1-4H3. The predicted octanol–water partition coefficient (Wildman–Crippen LogP) is 3.20. The molecule has 1 aliphatic carbocycles. The molecule has 1 aliphatic rings. The molecule has 2 atom stereocenters. The maximum atomic E-state index is 3.42. The number of nitrogens with one attached hydrogen (secondary N) is 1. The SMILES string of the molecule is CNC1C(SC(C)C)=CC=CCC1C. The van der Waals surface area contributed by atoms with Crippen LogP contribution in [0.3, 0.4) is 0 Å². The van der Waals surface area contributed by atoms with Gasteiger partial charge in [-0.05, 0) is 19.4 Å². The van der Waals surface area contributed by atoms with Gasteiger partial charge in [0.05, 0.1) is 0 Å². The van der Waals surface area contributed by atoms with Crippen LogP contribution in [-0.4, -0.2) is 18.3 Å². The van der Waals surface area contributed by atoms with E-state index in [1.54, 1.807) is 0 Å². The highest BCUT2D eigenvalue weighted by molar-refractivity contribution is 8.03. The molecule has 0 fully saturated rings. The Morgan fingerprint density at radius 2 is 2.21 bits per heavy atom. The summed E-state index contributed by atoms with van der Waals surface area (Å²) in [7, 11) is 2.06. The molecular weight excluding hydrogens is 190 g/mol. The van der Waals surface area contributed by atoms with E-state index in [0.717, 1.165) is 0 Å². The van der Waals surface area contributed by atoms with E-state index in [4.69, 9.17) is 0 Å². The third-order valence-corrected chi connectivity index (χ3v) is 3.60. The van der Waals surface area contributed by atoms with Crippen LogP contribution in [0.25, 0.3) is 0 Å². The number of rotatable bonds is 3. The summed E-state index contributed by atoms with van der Waals surface area (Å²) in [5, 5.41) is 4.08. The van der Waals surface area contributed by atoms with Gasteiger partial charge in [0.25, 0.3) is 0 Å². The Kier molecular flexibility index (Phi) is 4.76. The molecule has 0 saturated heterocycles. The fourth-order valence-corrected chi connectivity index (χ4v) is 2.99. The highest BCUT2D eigenvalue weighted by atomic mass is 32.2. The van der Waals surface area contributed by atoms with Crippen LogP contribution in [0.4, 0.5) is 0 Å². The van der Waals surface area contributed by atoms with Crippen molar-refractivity contribution in [1.82, 2.24) is 5.32 Å². The summed E-state index contributed by atoms with van der Waals surface area (Å²) >= 11 is 1.97. The molecule has 0 bridgehead atoms. The quantitative estimate of drug-likeness (QED) is 0.769. The zero-order valence-electron chi connectivity index (χ0n) is 9.58. The van der Waals surface area contributed by atoms with Gasteiger partial charge in [0.1, 0.15) is 0 Å². The molecule has 80 valence electrons. The van der Waals surface area contributed by atoms with Crippen LogP contribution in [0.2, 0.25) is 0 Å². The van der Waals surface area contributed by atoms with Crippen molar-refractivity contribution in [3.63, 3.8) is 0 Å². The van der Waals surface area contributed by atoms with Gasteiger partial charge in [-0.25, -0.2) is 0 Å². The molecule has 1 N–H and O–H groups in total. The summed E-state index contributed by atoms with van der Waals surface area (Å²) in [4.78, 5) is 1.48. The van der Waals surface area contributed by atoms with Crippen LogP contribution in [0.1, 0.15) is 27.2 Å². The van der Waals surface area contributed by atoms with Gasteiger partial charge in [-0.1, -0.05) is 39.0 Å². The maximum Gasteiger partial charge on any atom is 0.0406 e. The van der Waals surface area contributed by atoms with Gasteiger partial charge in [-0.15, -0.1) is 11.8 Å². The van der Waals surface area contributed by atoms with Gasteiger partial charge < -0.3 is 5.32 Å². The first kappa shape index (κ1) is 11.9. The minimum absolute atomic E-state index is 0.525. The van der Waals surface area contributed by atoms with Gasteiger partial charge in [0, 0.05) is 16.2 Å². The molecule has 0 amide bonds. The fraction of sp³-hybridized carbons (Fsp3) is 0.667. The van der Waals surface area contributed by atoms with Crippen molar-refractivity contribution in [1.29, 1.82) is 0 Å². The third kappa shape index (κ3) is 3.18. The van der Waals surface area contributed by atoms with Crippen LogP contribution in [0.15, 0.2) is 23.1 Å². The van der Waals surface area contributed by atoms with Crippen molar-refractivity contribution < 1.29 is 0 Å². The zero-order valence-corrected chi connectivity index (χ0v) is 10.4. The number of hydrogen-bond acceptors (Lipinski definition) is 2. The summed E-state index contributed by atoms with van der Waals surface area (Å²) in [6, 6.07) is 0.525. The van der Waals surface area contributed by atoms with Gasteiger partial charge >= 0.3 is 0 Å². The van der Waals surface area contributed by atoms with Crippen molar-refractivity contribution in [2.45, 2.75) is 38.5 Å². The molecule has 1 nitrogen and oxygen atoms in total. The maximum absolute atomic E-state index is 3.42. The van der Waals surface area contributed by atoms with Crippen LogP contribution in [-0.2, 0) is 0 Å². The second kappa shape index (κ2) is 5.62. The monoisotopic (exact) mass is 211 g/mol. The fourth-order valence-electron chi connectivity index (χ4n) is 1.79. The van der Waals surface area contributed by atoms with Gasteiger partial charge in [-0.3, -0.25) is 0 Å². The van der Waals surface area contributed by atoms with E-state index >= 15 is 0 Å². The summed E-state index contributed by atoms with van der Waals surface area (Å²) in [6.45, 7) is 6.81.